The predicted molar refractivity (Wildman–Crippen MR) is 108 cm³/mol. The number of carbonyl (C=O) groups excluding carboxylic acids is 1. The lowest BCUT2D eigenvalue weighted by molar-refractivity contribution is 0.102. The highest BCUT2D eigenvalue weighted by atomic mass is 35.5. The van der Waals surface area contributed by atoms with E-state index in [1.54, 1.807) is 24.4 Å². The summed E-state index contributed by atoms with van der Waals surface area (Å²) in [6, 6.07) is 18.5. The lowest BCUT2D eigenvalue weighted by Crippen LogP contribution is -2.14. The first-order valence-corrected chi connectivity index (χ1v) is 8.46. The number of benzene rings is 2. The second kappa shape index (κ2) is 7.89. The molecule has 2 aromatic carbocycles. The highest BCUT2D eigenvalue weighted by Crippen LogP contribution is 2.19. The van der Waals surface area contributed by atoms with E-state index >= 15 is 0 Å². The van der Waals surface area contributed by atoms with E-state index in [0.29, 0.717) is 10.7 Å². The lowest BCUT2D eigenvalue weighted by Gasteiger charge is -2.13. The minimum atomic E-state index is -0.249. The Balaban J connectivity index is 1.63. The molecule has 0 spiro atoms. The first-order chi connectivity index (χ1) is 12.5. The minimum absolute atomic E-state index is 0.249. The maximum Gasteiger partial charge on any atom is 0.274 e. The van der Waals surface area contributed by atoms with Crippen LogP contribution in [0.25, 0.3) is 0 Å². The molecule has 132 valence electrons. The topological polar surface area (TPSA) is 57.3 Å². The van der Waals surface area contributed by atoms with E-state index in [4.69, 9.17) is 11.6 Å². The molecule has 0 saturated carbocycles. The Morgan fingerprint density at radius 2 is 1.50 bits per heavy atom. The van der Waals surface area contributed by atoms with Crippen molar-refractivity contribution in [2.75, 3.05) is 29.6 Å². The number of amides is 1. The van der Waals surface area contributed by atoms with Gasteiger partial charge in [-0.15, -0.1) is 0 Å². The number of nitrogens with one attached hydrogen (secondary N) is 2. The maximum atomic E-state index is 12.3. The zero-order valence-corrected chi connectivity index (χ0v) is 15.3. The molecule has 0 atom stereocenters. The van der Waals surface area contributed by atoms with Gasteiger partial charge < -0.3 is 15.5 Å². The fraction of sp³-hybridized carbons (Fsp3) is 0.100. The Hall–Kier alpha value is -3.05. The van der Waals surface area contributed by atoms with Gasteiger partial charge in [0.05, 0.1) is 11.9 Å². The van der Waals surface area contributed by atoms with Gasteiger partial charge in [0.1, 0.15) is 5.69 Å². The van der Waals surface area contributed by atoms with Crippen LogP contribution in [0, 0.1) is 0 Å². The van der Waals surface area contributed by atoms with Gasteiger partial charge in [0, 0.05) is 36.2 Å². The summed E-state index contributed by atoms with van der Waals surface area (Å²) < 4.78 is 0. The number of pyridine rings is 1. The first kappa shape index (κ1) is 17.8. The zero-order chi connectivity index (χ0) is 18.5. The number of anilines is 4. The quantitative estimate of drug-likeness (QED) is 0.681. The summed E-state index contributed by atoms with van der Waals surface area (Å²) in [4.78, 5) is 18.5. The van der Waals surface area contributed by atoms with E-state index < -0.39 is 0 Å². The summed E-state index contributed by atoms with van der Waals surface area (Å²) in [5.41, 5.74) is 3.83. The number of aromatic nitrogens is 1. The summed E-state index contributed by atoms with van der Waals surface area (Å²) in [7, 11) is 3.94. The molecular formula is C20H19ClN4O. The third-order valence-corrected chi connectivity index (χ3v) is 4.02. The summed E-state index contributed by atoms with van der Waals surface area (Å²) in [5.74, 6) is -0.249. The molecule has 1 heterocycles. The minimum Gasteiger partial charge on any atom is -0.378 e. The molecule has 1 aromatic heterocycles. The standard InChI is InChI=1S/C20H19ClN4O/c1-25(2)18-10-7-16(8-11-18)24-20(26)19-12-9-17(13-22-19)23-15-5-3-14(21)4-6-15/h3-13,23H,1-2H3,(H,24,26). The molecule has 3 aromatic rings. The number of rotatable bonds is 5. The van der Waals surface area contributed by atoms with Crippen LogP contribution in [-0.2, 0) is 0 Å². The lowest BCUT2D eigenvalue weighted by atomic mass is 10.2. The second-order valence-corrected chi connectivity index (χ2v) is 6.40. The van der Waals surface area contributed by atoms with Crippen LogP contribution in [0.15, 0.2) is 66.9 Å². The van der Waals surface area contributed by atoms with Gasteiger partial charge in [0.2, 0.25) is 0 Å². The van der Waals surface area contributed by atoms with Crippen molar-refractivity contribution in [1.29, 1.82) is 0 Å². The van der Waals surface area contributed by atoms with Crippen LogP contribution in [-0.4, -0.2) is 25.0 Å². The number of halogens is 1. The molecule has 1 amide bonds. The third-order valence-electron chi connectivity index (χ3n) is 3.77. The monoisotopic (exact) mass is 366 g/mol. The molecule has 6 heteroatoms. The van der Waals surface area contributed by atoms with Gasteiger partial charge in [-0.1, -0.05) is 11.6 Å². The molecule has 5 nitrogen and oxygen atoms in total. The van der Waals surface area contributed by atoms with Crippen LogP contribution >= 0.6 is 11.6 Å². The Labute approximate surface area is 157 Å². The summed E-state index contributed by atoms with van der Waals surface area (Å²) in [6.45, 7) is 0. The predicted octanol–water partition coefficient (Wildman–Crippen LogP) is 4.80. The number of nitrogens with zero attached hydrogens (tertiary/aromatic N) is 2. The van der Waals surface area contributed by atoms with Crippen molar-refractivity contribution in [3.8, 4) is 0 Å². The smallest absolute Gasteiger partial charge is 0.274 e. The van der Waals surface area contributed by atoms with Crippen LogP contribution in [0.3, 0.4) is 0 Å². The zero-order valence-electron chi connectivity index (χ0n) is 14.5. The summed E-state index contributed by atoms with van der Waals surface area (Å²) in [5, 5.41) is 6.73. The Bertz CT molecular complexity index is 875. The second-order valence-electron chi connectivity index (χ2n) is 5.96. The van der Waals surface area contributed by atoms with Crippen LogP contribution in [0.5, 0.6) is 0 Å². The summed E-state index contributed by atoms with van der Waals surface area (Å²) in [6.07, 6.45) is 1.62. The Morgan fingerprint density at radius 1 is 0.885 bits per heavy atom. The number of hydrogen-bond acceptors (Lipinski definition) is 4. The van der Waals surface area contributed by atoms with E-state index in [9.17, 15) is 4.79 Å². The van der Waals surface area contributed by atoms with Crippen molar-refractivity contribution >= 4 is 40.3 Å². The van der Waals surface area contributed by atoms with Gasteiger partial charge in [-0.2, -0.15) is 0 Å². The largest absolute Gasteiger partial charge is 0.378 e. The SMILES string of the molecule is CN(C)c1ccc(NC(=O)c2ccc(Nc3ccc(Cl)cc3)cn2)cc1. The van der Waals surface area contributed by atoms with Crippen molar-refractivity contribution in [3.05, 3.63) is 77.6 Å². The van der Waals surface area contributed by atoms with E-state index in [2.05, 4.69) is 15.6 Å². The molecule has 0 fully saturated rings. The molecule has 2 N–H and O–H groups in total. The molecule has 0 bridgehead atoms. The number of hydrogen-bond donors (Lipinski definition) is 2. The normalized spacial score (nSPS) is 10.3. The van der Waals surface area contributed by atoms with Crippen LogP contribution in [0.2, 0.25) is 5.02 Å². The maximum absolute atomic E-state index is 12.3. The molecule has 26 heavy (non-hydrogen) atoms. The van der Waals surface area contributed by atoms with Crippen LogP contribution in [0.4, 0.5) is 22.7 Å². The molecule has 0 unspecified atom stereocenters. The summed E-state index contributed by atoms with van der Waals surface area (Å²) >= 11 is 5.87. The van der Waals surface area contributed by atoms with Gasteiger partial charge in [-0.25, -0.2) is 4.98 Å². The fourth-order valence-corrected chi connectivity index (χ4v) is 2.47. The molecule has 3 rings (SSSR count). The van der Waals surface area contributed by atoms with Gasteiger partial charge >= 0.3 is 0 Å². The van der Waals surface area contributed by atoms with E-state index in [0.717, 1.165) is 22.7 Å². The molecule has 0 saturated heterocycles. The van der Waals surface area contributed by atoms with Crippen molar-refractivity contribution in [3.63, 3.8) is 0 Å². The average molecular weight is 367 g/mol. The van der Waals surface area contributed by atoms with Crippen molar-refractivity contribution in [2.45, 2.75) is 0 Å². The van der Waals surface area contributed by atoms with Gasteiger partial charge in [0.15, 0.2) is 0 Å². The fourth-order valence-electron chi connectivity index (χ4n) is 2.34. The number of carbonyl (C=O) groups is 1. The molecular weight excluding hydrogens is 348 g/mol. The highest BCUT2D eigenvalue weighted by Gasteiger charge is 2.08. The van der Waals surface area contributed by atoms with Crippen LogP contribution < -0.4 is 15.5 Å². The van der Waals surface area contributed by atoms with Crippen molar-refractivity contribution < 1.29 is 4.79 Å². The van der Waals surface area contributed by atoms with E-state index in [-0.39, 0.29) is 5.91 Å². The Morgan fingerprint density at radius 3 is 2.08 bits per heavy atom. The van der Waals surface area contributed by atoms with E-state index in [1.165, 1.54) is 0 Å². The Kier molecular flexibility index (Phi) is 5.39. The van der Waals surface area contributed by atoms with Gasteiger partial charge in [-0.3, -0.25) is 4.79 Å². The highest BCUT2D eigenvalue weighted by molar-refractivity contribution is 6.30. The average Bonchev–Trinajstić information content (AvgIpc) is 2.64. The first-order valence-electron chi connectivity index (χ1n) is 8.09. The molecule has 0 aliphatic rings. The third kappa shape index (κ3) is 4.52. The van der Waals surface area contributed by atoms with Gasteiger partial charge in [0.25, 0.3) is 5.91 Å². The van der Waals surface area contributed by atoms with Crippen LogP contribution in [0.1, 0.15) is 10.5 Å². The van der Waals surface area contributed by atoms with Crippen molar-refractivity contribution in [1.82, 2.24) is 4.98 Å². The molecule has 0 radical (unpaired) electrons. The van der Waals surface area contributed by atoms with Gasteiger partial charge in [-0.05, 0) is 60.7 Å². The molecule has 0 aliphatic heterocycles. The molecule has 0 aliphatic carbocycles. The van der Waals surface area contributed by atoms with E-state index in [1.807, 2.05) is 61.5 Å². The van der Waals surface area contributed by atoms with Crippen molar-refractivity contribution in [2.24, 2.45) is 0 Å².